The van der Waals surface area contributed by atoms with E-state index in [1.807, 2.05) is 12.1 Å². The maximum Gasteiger partial charge on any atom is 0.258 e. The summed E-state index contributed by atoms with van der Waals surface area (Å²) < 4.78 is 12.5. The van der Waals surface area contributed by atoms with E-state index in [1.165, 1.54) is 6.33 Å². The Hall–Kier alpha value is -3.59. The maximum atomic E-state index is 12.0. The first-order chi connectivity index (χ1) is 14.7. The smallest absolute Gasteiger partial charge is 0.258 e. The van der Waals surface area contributed by atoms with E-state index < -0.39 is 0 Å². The van der Waals surface area contributed by atoms with Crippen LogP contribution in [-0.4, -0.2) is 38.8 Å². The van der Waals surface area contributed by atoms with Crippen molar-refractivity contribution in [3.8, 4) is 5.75 Å². The van der Waals surface area contributed by atoms with Gasteiger partial charge in [0.25, 0.3) is 5.91 Å². The van der Waals surface area contributed by atoms with E-state index in [4.69, 9.17) is 20.8 Å². The molecule has 2 N–H and O–H groups in total. The number of rotatable bonds is 9. The average Bonchev–Trinajstić information content (AvgIpc) is 3.42. The summed E-state index contributed by atoms with van der Waals surface area (Å²) in [7, 11) is 0. The first kappa shape index (κ1) is 19.7. The minimum Gasteiger partial charge on any atom is -0.484 e. The van der Waals surface area contributed by atoms with Crippen LogP contribution in [0.1, 0.15) is 5.76 Å². The average molecular weight is 427 g/mol. The number of benzene rings is 1. The molecule has 3 heterocycles. The van der Waals surface area contributed by atoms with Crippen LogP contribution in [-0.2, 0) is 17.9 Å². The van der Waals surface area contributed by atoms with Crippen molar-refractivity contribution in [2.75, 3.05) is 18.5 Å². The van der Waals surface area contributed by atoms with Crippen molar-refractivity contribution in [3.05, 3.63) is 66.0 Å². The van der Waals surface area contributed by atoms with Crippen molar-refractivity contribution in [2.45, 2.75) is 13.1 Å². The number of ether oxygens (including phenoxy) is 1. The highest BCUT2D eigenvalue weighted by Gasteiger charge is 2.10. The van der Waals surface area contributed by atoms with E-state index in [0.717, 1.165) is 11.1 Å². The van der Waals surface area contributed by atoms with Crippen molar-refractivity contribution in [1.29, 1.82) is 0 Å². The third-order valence-corrected chi connectivity index (χ3v) is 4.53. The summed E-state index contributed by atoms with van der Waals surface area (Å²) >= 11 is 5.82. The number of carbonyl (C=O) groups is 1. The molecule has 0 aliphatic rings. The van der Waals surface area contributed by atoms with Crippen LogP contribution in [0.4, 0.5) is 5.82 Å². The number of nitrogens with one attached hydrogen (secondary N) is 2. The first-order valence-electron chi connectivity index (χ1n) is 9.27. The summed E-state index contributed by atoms with van der Waals surface area (Å²) in [5.41, 5.74) is 0.679. The van der Waals surface area contributed by atoms with Crippen molar-refractivity contribution in [2.24, 2.45) is 0 Å². The predicted molar refractivity (Wildman–Crippen MR) is 111 cm³/mol. The topological polar surface area (TPSA) is 107 Å². The third-order valence-electron chi connectivity index (χ3n) is 4.27. The lowest BCUT2D eigenvalue weighted by atomic mass is 10.3. The van der Waals surface area contributed by atoms with Gasteiger partial charge in [-0.15, -0.1) is 0 Å². The molecule has 0 fully saturated rings. The summed E-state index contributed by atoms with van der Waals surface area (Å²) in [4.78, 5) is 20.6. The van der Waals surface area contributed by atoms with Crippen molar-refractivity contribution < 1.29 is 13.9 Å². The minimum absolute atomic E-state index is 0.0789. The Balaban J connectivity index is 1.29. The minimum atomic E-state index is -0.225. The Kier molecular flexibility index (Phi) is 6.09. The van der Waals surface area contributed by atoms with Crippen molar-refractivity contribution in [3.63, 3.8) is 0 Å². The van der Waals surface area contributed by atoms with Crippen LogP contribution >= 0.6 is 11.6 Å². The van der Waals surface area contributed by atoms with Gasteiger partial charge in [-0.05, 0) is 36.4 Å². The van der Waals surface area contributed by atoms with E-state index in [1.54, 1.807) is 41.4 Å². The van der Waals surface area contributed by atoms with Crippen molar-refractivity contribution in [1.82, 2.24) is 25.1 Å². The van der Waals surface area contributed by atoms with Gasteiger partial charge in [-0.2, -0.15) is 5.10 Å². The standard InChI is InChI=1S/C20H19ClN6O3/c21-14-3-5-15(6-4-14)30-12-18(28)22-7-8-27-20-17(11-26-27)19(24-13-25-20)23-10-16-2-1-9-29-16/h1-6,9,11,13H,7-8,10,12H2,(H,22,28)(H,23,24,25). The zero-order valence-corrected chi connectivity index (χ0v) is 16.7. The molecule has 0 saturated heterocycles. The van der Waals surface area contributed by atoms with Crippen molar-refractivity contribution >= 4 is 34.4 Å². The molecule has 30 heavy (non-hydrogen) atoms. The van der Waals surface area contributed by atoms with Crippen LogP contribution in [0.25, 0.3) is 11.0 Å². The number of halogens is 1. The Morgan fingerprint density at radius 1 is 1.20 bits per heavy atom. The molecule has 1 amide bonds. The summed E-state index contributed by atoms with van der Waals surface area (Å²) in [5, 5.41) is 11.8. The Morgan fingerprint density at radius 2 is 2.07 bits per heavy atom. The summed E-state index contributed by atoms with van der Waals surface area (Å²) in [6.07, 6.45) is 4.80. The third kappa shape index (κ3) is 4.87. The monoisotopic (exact) mass is 426 g/mol. The molecule has 9 nitrogen and oxygen atoms in total. The van der Waals surface area contributed by atoms with E-state index in [2.05, 4.69) is 25.7 Å². The Labute approximate surface area is 177 Å². The number of hydrogen-bond donors (Lipinski definition) is 2. The quantitative estimate of drug-likeness (QED) is 0.423. The van der Waals surface area contributed by atoms with Crippen LogP contribution < -0.4 is 15.4 Å². The van der Waals surface area contributed by atoms with Gasteiger partial charge in [0, 0.05) is 11.6 Å². The molecule has 4 rings (SSSR count). The molecule has 0 bridgehead atoms. The van der Waals surface area contributed by atoms with Crippen LogP contribution in [0.3, 0.4) is 0 Å². The van der Waals surface area contributed by atoms with Crippen LogP contribution in [0.2, 0.25) is 5.02 Å². The molecule has 0 unspecified atom stereocenters. The molecule has 0 aliphatic carbocycles. The maximum absolute atomic E-state index is 12.0. The SMILES string of the molecule is O=C(COc1ccc(Cl)cc1)NCCn1ncc2c(NCc3ccco3)ncnc21. The van der Waals surface area contributed by atoms with Gasteiger partial charge in [-0.1, -0.05) is 11.6 Å². The zero-order valence-electron chi connectivity index (χ0n) is 15.9. The Bertz CT molecular complexity index is 1110. The number of furan rings is 1. The molecule has 0 radical (unpaired) electrons. The van der Waals surface area contributed by atoms with Gasteiger partial charge in [0.15, 0.2) is 12.3 Å². The molecule has 0 aliphatic heterocycles. The molecule has 10 heteroatoms. The van der Waals surface area contributed by atoms with Crippen LogP contribution in [0.15, 0.2) is 59.6 Å². The fraction of sp³-hybridized carbons (Fsp3) is 0.200. The second kappa shape index (κ2) is 9.27. The molecule has 0 saturated carbocycles. The largest absolute Gasteiger partial charge is 0.484 e. The lowest BCUT2D eigenvalue weighted by Gasteiger charge is -2.08. The lowest BCUT2D eigenvalue weighted by Crippen LogP contribution is -2.31. The number of anilines is 1. The fourth-order valence-corrected chi connectivity index (χ4v) is 2.94. The molecular weight excluding hydrogens is 408 g/mol. The predicted octanol–water partition coefficient (Wildman–Crippen LogP) is 2.88. The fourth-order valence-electron chi connectivity index (χ4n) is 2.81. The van der Waals surface area contributed by atoms with Crippen LogP contribution in [0, 0.1) is 0 Å². The summed E-state index contributed by atoms with van der Waals surface area (Å²) in [6, 6.07) is 10.5. The van der Waals surface area contributed by atoms with Gasteiger partial charge in [0.1, 0.15) is 23.7 Å². The molecular formula is C20H19ClN6O3. The molecule has 4 aromatic rings. The highest BCUT2D eigenvalue weighted by molar-refractivity contribution is 6.30. The number of aromatic nitrogens is 4. The number of hydrogen-bond acceptors (Lipinski definition) is 7. The van der Waals surface area contributed by atoms with Gasteiger partial charge in [0.2, 0.25) is 0 Å². The number of nitrogens with zero attached hydrogens (tertiary/aromatic N) is 4. The number of fused-ring (bicyclic) bond motifs is 1. The second-order valence-electron chi connectivity index (χ2n) is 6.35. The van der Waals surface area contributed by atoms with E-state index in [9.17, 15) is 4.79 Å². The normalized spacial score (nSPS) is 10.8. The highest BCUT2D eigenvalue weighted by atomic mass is 35.5. The van der Waals surface area contributed by atoms with Gasteiger partial charge in [0.05, 0.1) is 30.9 Å². The first-order valence-corrected chi connectivity index (χ1v) is 9.64. The molecule has 3 aromatic heterocycles. The Morgan fingerprint density at radius 3 is 2.87 bits per heavy atom. The second-order valence-corrected chi connectivity index (χ2v) is 6.79. The van der Waals surface area contributed by atoms with E-state index in [-0.39, 0.29) is 12.5 Å². The van der Waals surface area contributed by atoms with E-state index in [0.29, 0.717) is 41.9 Å². The zero-order chi connectivity index (χ0) is 20.8. The summed E-state index contributed by atoms with van der Waals surface area (Å²) in [6.45, 7) is 1.28. The van der Waals surface area contributed by atoms with E-state index >= 15 is 0 Å². The van der Waals surface area contributed by atoms with Gasteiger partial charge in [-0.3, -0.25) is 4.79 Å². The van der Waals surface area contributed by atoms with Gasteiger partial charge < -0.3 is 19.8 Å². The van der Waals surface area contributed by atoms with Crippen LogP contribution in [0.5, 0.6) is 5.75 Å². The molecule has 1 aromatic carbocycles. The molecule has 0 atom stereocenters. The highest BCUT2D eigenvalue weighted by Crippen LogP contribution is 2.19. The molecule has 0 spiro atoms. The van der Waals surface area contributed by atoms with Gasteiger partial charge >= 0.3 is 0 Å². The number of carbonyl (C=O) groups excluding carboxylic acids is 1. The summed E-state index contributed by atoms with van der Waals surface area (Å²) in [5.74, 6) is 1.83. The number of amides is 1. The van der Waals surface area contributed by atoms with Gasteiger partial charge in [-0.25, -0.2) is 14.6 Å². The molecule has 154 valence electrons. The lowest BCUT2D eigenvalue weighted by molar-refractivity contribution is -0.123.